The van der Waals surface area contributed by atoms with Crippen LogP contribution in [0.25, 0.3) is 34.1 Å². The van der Waals surface area contributed by atoms with Gasteiger partial charge in [0, 0.05) is 50.2 Å². The molecule has 0 unspecified atom stereocenters. The number of imidazole rings is 1. The number of carbonyl (C=O) groups excluding carboxylic acids is 2. The van der Waals surface area contributed by atoms with E-state index in [1.807, 2.05) is 59.3 Å². The molecule has 226 valence electrons. The van der Waals surface area contributed by atoms with Gasteiger partial charge in [0.2, 0.25) is 0 Å². The van der Waals surface area contributed by atoms with Gasteiger partial charge in [-0.3, -0.25) is 14.2 Å². The lowest BCUT2D eigenvalue weighted by atomic mass is 10.1. The lowest BCUT2D eigenvalue weighted by Gasteiger charge is -2.12. The maximum atomic E-state index is 14.0. The van der Waals surface area contributed by atoms with Gasteiger partial charge in [0.05, 0.1) is 16.7 Å². The summed E-state index contributed by atoms with van der Waals surface area (Å²) in [5.41, 5.74) is 10.8. The number of aromatic nitrogens is 6. The van der Waals surface area contributed by atoms with E-state index in [1.54, 1.807) is 17.1 Å². The van der Waals surface area contributed by atoms with Crippen LogP contribution in [0.1, 0.15) is 31.8 Å². The second-order valence-electron chi connectivity index (χ2n) is 10.2. The maximum Gasteiger partial charge on any atom is 0.254 e. The number of hydrogen-bond acceptors (Lipinski definition) is 8. The number of nitrogens with one attached hydrogen (secondary N) is 1. The van der Waals surface area contributed by atoms with Crippen molar-refractivity contribution in [3.8, 4) is 28.6 Å². The Balaban J connectivity index is 0.000000216. The minimum absolute atomic E-state index is 0.120. The fourth-order valence-electron chi connectivity index (χ4n) is 5.18. The van der Waals surface area contributed by atoms with E-state index < -0.39 is 23.6 Å². The molecule has 6 aromatic rings. The van der Waals surface area contributed by atoms with E-state index in [9.17, 15) is 18.4 Å². The molecule has 1 amide bonds. The first-order valence-corrected chi connectivity index (χ1v) is 13.8. The van der Waals surface area contributed by atoms with Crippen molar-refractivity contribution in [1.29, 1.82) is 0 Å². The zero-order valence-corrected chi connectivity index (χ0v) is 23.9. The second-order valence-corrected chi connectivity index (χ2v) is 10.2. The quantitative estimate of drug-likeness (QED) is 0.244. The van der Waals surface area contributed by atoms with E-state index in [1.165, 1.54) is 7.05 Å². The Morgan fingerprint density at radius 1 is 1.07 bits per heavy atom. The predicted molar refractivity (Wildman–Crippen MR) is 163 cm³/mol. The number of halogens is 2. The van der Waals surface area contributed by atoms with Gasteiger partial charge in [-0.05, 0) is 59.7 Å². The summed E-state index contributed by atoms with van der Waals surface area (Å²) < 4.78 is 30.7. The Kier molecular flexibility index (Phi) is 7.73. The van der Waals surface area contributed by atoms with Gasteiger partial charge in [0.25, 0.3) is 5.91 Å². The number of aromatic hydroxyl groups is 1. The van der Waals surface area contributed by atoms with Gasteiger partial charge in [-0.15, -0.1) is 0 Å². The molecule has 2 aromatic carbocycles. The van der Waals surface area contributed by atoms with E-state index in [0.29, 0.717) is 47.8 Å². The number of nitrogen functional groups attached to an aromatic ring is 1. The lowest BCUT2D eigenvalue weighted by molar-refractivity contribution is 0.0959. The van der Waals surface area contributed by atoms with E-state index in [0.717, 1.165) is 34.5 Å². The van der Waals surface area contributed by atoms with Crippen LogP contribution >= 0.6 is 0 Å². The molecule has 45 heavy (non-hydrogen) atoms. The molecule has 1 atom stereocenters. The highest BCUT2D eigenvalue weighted by molar-refractivity contribution is 5.96. The summed E-state index contributed by atoms with van der Waals surface area (Å²) in [7, 11) is 1.34. The number of anilines is 1. The van der Waals surface area contributed by atoms with Crippen LogP contribution in [0, 0.1) is 5.82 Å². The second kappa shape index (κ2) is 12.0. The number of carbonyl (C=O) groups is 2. The van der Waals surface area contributed by atoms with Crippen LogP contribution in [-0.4, -0.2) is 59.8 Å². The number of phenols is 1. The Hall–Kier alpha value is -5.98. The Bertz CT molecular complexity index is 2060. The fraction of sp³-hybridized carbons (Fsp3) is 0.125. The first kappa shape index (κ1) is 29.1. The number of amides is 1. The van der Waals surface area contributed by atoms with Crippen LogP contribution in [0.5, 0.6) is 5.75 Å². The molecule has 4 N–H and O–H groups in total. The van der Waals surface area contributed by atoms with Gasteiger partial charge in [0.15, 0.2) is 23.6 Å². The summed E-state index contributed by atoms with van der Waals surface area (Å²) in [5, 5.41) is 15.6. The third-order valence-corrected chi connectivity index (χ3v) is 7.35. The number of rotatable bonds is 5. The van der Waals surface area contributed by atoms with Gasteiger partial charge >= 0.3 is 0 Å². The SMILES string of the molecule is CNC(=O)c1cc(C=O)c(O)cc1F.Nc1ncccc1-c1nc2ccc(-n3cccn3)nc2n1-c1ccc2c(c1)C[C@@H](F)C2. The van der Waals surface area contributed by atoms with Crippen molar-refractivity contribution >= 4 is 29.2 Å². The molecule has 11 nitrogen and oxygen atoms in total. The van der Waals surface area contributed by atoms with Crippen molar-refractivity contribution in [2.24, 2.45) is 0 Å². The molecule has 0 fully saturated rings. The molecule has 1 aliphatic rings. The summed E-state index contributed by atoms with van der Waals surface area (Å²) in [6.45, 7) is 0. The van der Waals surface area contributed by atoms with E-state index >= 15 is 0 Å². The number of nitrogens with two attached hydrogens (primary N) is 1. The molecule has 0 saturated heterocycles. The van der Waals surface area contributed by atoms with E-state index in [-0.39, 0.29) is 11.1 Å². The predicted octanol–water partition coefficient (Wildman–Crippen LogP) is 4.39. The minimum atomic E-state index is -0.868. The van der Waals surface area contributed by atoms with Gasteiger partial charge < -0.3 is 16.2 Å². The van der Waals surface area contributed by atoms with Gasteiger partial charge in [-0.1, -0.05) is 6.07 Å². The minimum Gasteiger partial charge on any atom is -0.507 e. The molecule has 13 heteroatoms. The third kappa shape index (κ3) is 5.58. The number of fused-ring (bicyclic) bond motifs is 2. The zero-order valence-electron chi connectivity index (χ0n) is 23.9. The zero-order chi connectivity index (χ0) is 31.7. The van der Waals surface area contributed by atoms with Crippen molar-refractivity contribution in [2.75, 3.05) is 12.8 Å². The van der Waals surface area contributed by atoms with Crippen LogP contribution in [0.15, 0.2) is 79.3 Å². The molecule has 0 bridgehead atoms. The first-order chi connectivity index (χ1) is 21.8. The molecule has 1 aliphatic carbocycles. The van der Waals surface area contributed by atoms with Crippen molar-refractivity contribution in [3.63, 3.8) is 0 Å². The monoisotopic (exact) mass is 608 g/mol. The Morgan fingerprint density at radius 2 is 1.89 bits per heavy atom. The molecule has 0 aliphatic heterocycles. The largest absolute Gasteiger partial charge is 0.507 e. The van der Waals surface area contributed by atoms with Gasteiger partial charge in [-0.2, -0.15) is 5.10 Å². The van der Waals surface area contributed by atoms with Crippen molar-refractivity contribution in [1.82, 2.24) is 34.6 Å². The highest BCUT2D eigenvalue weighted by atomic mass is 19.1. The van der Waals surface area contributed by atoms with Crippen LogP contribution in [-0.2, 0) is 12.8 Å². The highest BCUT2D eigenvalue weighted by Crippen LogP contribution is 2.33. The van der Waals surface area contributed by atoms with Gasteiger partial charge in [-0.25, -0.2) is 28.4 Å². The number of hydrogen-bond donors (Lipinski definition) is 3. The first-order valence-electron chi connectivity index (χ1n) is 13.8. The summed E-state index contributed by atoms with van der Waals surface area (Å²) >= 11 is 0. The van der Waals surface area contributed by atoms with Crippen LogP contribution in [0.3, 0.4) is 0 Å². The standard InChI is InChI=1S/C23H18FN7.C9H8FNO3/c24-16-11-14-4-5-17(13-15(14)12-16)31-22(18-3-1-8-26-21(18)25)28-19-6-7-20(29-23(19)31)30-10-2-9-27-30;1-11-9(14)6-2-5(4-12)8(13)3-7(6)10/h1-10,13,16H,11-12H2,(H2,25,26);2-4,13H,1H3,(H,11,14)/t16-;/m0./s1. The topological polar surface area (TPSA) is 154 Å². The molecule has 7 rings (SSSR count). The molecule has 0 saturated carbocycles. The number of alkyl halides is 1. The molecule has 0 spiro atoms. The maximum absolute atomic E-state index is 14.0. The third-order valence-electron chi connectivity index (χ3n) is 7.35. The highest BCUT2D eigenvalue weighted by Gasteiger charge is 2.24. The Labute approximate surface area is 255 Å². The normalized spacial score (nSPS) is 13.6. The number of aldehydes is 1. The Morgan fingerprint density at radius 3 is 2.62 bits per heavy atom. The van der Waals surface area contributed by atoms with Crippen LogP contribution < -0.4 is 11.1 Å². The molecular formula is C32H26F2N8O3. The van der Waals surface area contributed by atoms with Crippen molar-refractivity contribution in [2.45, 2.75) is 19.0 Å². The summed E-state index contributed by atoms with van der Waals surface area (Å²) in [6.07, 6.45) is 5.60. The average molecular weight is 609 g/mol. The van der Waals surface area contributed by atoms with Crippen molar-refractivity contribution < 1.29 is 23.5 Å². The summed E-state index contributed by atoms with van der Waals surface area (Å²) in [4.78, 5) is 35.4. The van der Waals surface area contributed by atoms with E-state index in [4.69, 9.17) is 20.8 Å². The number of phenolic OH excluding ortho intramolecular Hbond substituents is 1. The average Bonchev–Trinajstić information content (AvgIpc) is 3.79. The van der Waals surface area contributed by atoms with Crippen molar-refractivity contribution in [3.05, 3.63) is 107 Å². The number of pyridine rings is 2. The van der Waals surface area contributed by atoms with Crippen LogP contribution in [0.4, 0.5) is 14.6 Å². The van der Waals surface area contributed by atoms with Gasteiger partial charge in [0.1, 0.15) is 29.1 Å². The lowest BCUT2D eigenvalue weighted by Crippen LogP contribution is -2.19. The molecule has 4 aromatic heterocycles. The smallest absolute Gasteiger partial charge is 0.254 e. The number of nitrogens with zero attached hydrogens (tertiary/aromatic N) is 6. The summed E-state index contributed by atoms with van der Waals surface area (Å²) in [5.74, 6) is -0.297. The molecular weight excluding hydrogens is 582 g/mol. The number of benzene rings is 2. The molecule has 4 heterocycles. The molecule has 0 radical (unpaired) electrons. The van der Waals surface area contributed by atoms with E-state index in [2.05, 4.69) is 15.4 Å². The fourth-order valence-corrected chi connectivity index (χ4v) is 5.18. The van der Waals surface area contributed by atoms with Crippen LogP contribution in [0.2, 0.25) is 0 Å². The summed E-state index contributed by atoms with van der Waals surface area (Å²) in [6, 6.07) is 17.1.